The van der Waals surface area contributed by atoms with Gasteiger partial charge in [0.25, 0.3) is 17.7 Å². The zero-order valence-electron chi connectivity index (χ0n) is 16.6. The Labute approximate surface area is 202 Å². The molecular weight excluding hydrogens is 491 g/mol. The molecule has 4 rings (SSSR count). The van der Waals surface area contributed by atoms with Crippen LogP contribution < -0.4 is 10.2 Å². The highest BCUT2D eigenvalue weighted by molar-refractivity contribution is 6.40. The third-order valence-electron chi connectivity index (χ3n) is 4.70. The van der Waals surface area contributed by atoms with Gasteiger partial charge in [0.15, 0.2) is 6.61 Å². The molecule has 1 N–H and O–H groups in total. The molecule has 0 saturated heterocycles. The monoisotopic (exact) mass is 502 g/mol. The first-order valence-corrected chi connectivity index (χ1v) is 10.6. The van der Waals surface area contributed by atoms with Crippen LogP contribution in [-0.4, -0.2) is 30.3 Å². The summed E-state index contributed by atoms with van der Waals surface area (Å²) in [6.07, 6.45) is 0. The molecule has 0 fully saturated rings. The number of ether oxygens (including phenoxy) is 1. The fourth-order valence-electron chi connectivity index (χ4n) is 3.26. The van der Waals surface area contributed by atoms with E-state index in [1.54, 1.807) is 24.3 Å². The maximum absolute atomic E-state index is 12.9. The molecule has 0 atom stereocenters. The molecule has 3 aromatic carbocycles. The van der Waals surface area contributed by atoms with Gasteiger partial charge in [0, 0.05) is 15.7 Å². The number of carbonyl (C=O) groups is 4. The number of para-hydroxylation sites is 1. The Hall–Kier alpha value is -3.39. The van der Waals surface area contributed by atoms with Crippen LogP contribution in [0, 0.1) is 0 Å². The first-order valence-electron chi connectivity index (χ1n) is 9.45. The van der Waals surface area contributed by atoms with Crippen LogP contribution in [-0.2, 0) is 9.53 Å². The smallest absolute Gasteiger partial charge is 0.338 e. The first kappa shape index (κ1) is 22.8. The van der Waals surface area contributed by atoms with E-state index in [2.05, 4.69) is 5.32 Å². The Morgan fingerprint density at radius 1 is 0.848 bits per heavy atom. The highest BCUT2D eigenvalue weighted by atomic mass is 35.5. The number of amides is 3. The lowest BCUT2D eigenvalue weighted by Crippen LogP contribution is -2.29. The van der Waals surface area contributed by atoms with Gasteiger partial charge in [-0.15, -0.1) is 0 Å². The van der Waals surface area contributed by atoms with Gasteiger partial charge in [-0.1, -0.05) is 46.9 Å². The third-order valence-corrected chi connectivity index (χ3v) is 5.45. The SMILES string of the molecule is O=C(COC(=O)c1ccc2c(c1)C(=O)N(c1ccccc1Cl)C2=O)Nc1cc(Cl)cc(Cl)c1. The molecule has 3 amide bonds. The van der Waals surface area contributed by atoms with Crippen molar-refractivity contribution >= 4 is 69.9 Å². The molecule has 0 aromatic heterocycles. The van der Waals surface area contributed by atoms with E-state index in [-0.39, 0.29) is 27.4 Å². The maximum atomic E-state index is 12.9. The number of anilines is 2. The van der Waals surface area contributed by atoms with Crippen molar-refractivity contribution in [1.29, 1.82) is 0 Å². The third kappa shape index (κ3) is 4.71. The molecule has 3 aromatic rings. The van der Waals surface area contributed by atoms with Crippen molar-refractivity contribution in [2.75, 3.05) is 16.8 Å². The standard InChI is InChI=1S/C23H13Cl3N2O5/c24-13-8-14(25)10-15(9-13)27-20(29)11-33-23(32)12-5-6-16-17(7-12)22(31)28(21(16)30)19-4-2-1-3-18(19)26/h1-10H,11H2,(H,27,29). The van der Waals surface area contributed by atoms with Gasteiger partial charge < -0.3 is 10.1 Å². The number of esters is 1. The second kappa shape index (κ2) is 9.23. The van der Waals surface area contributed by atoms with Gasteiger partial charge in [-0.2, -0.15) is 0 Å². The van der Waals surface area contributed by atoms with Gasteiger partial charge >= 0.3 is 5.97 Å². The Kier molecular flexibility index (Phi) is 6.37. The molecular formula is C23H13Cl3N2O5. The summed E-state index contributed by atoms with van der Waals surface area (Å²) in [6.45, 7) is -0.585. The summed E-state index contributed by atoms with van der Waals surface area (Å²) in [7, 11) is 0. The van der Waals surface area contributed by atoms with Crippen molar-refractivity contribution < 1.29 is 23.9 Å². The number of nitrogens with zero attached hydrogens (tertiary/aromatic N) is 1. The number of halogens is 3. The molecule has 1 aliphatic rings. The van der Waals surface area contributed by atoms with Crippen LogP contribution in [0.3, 0.4) is 0 Å². The number of imide groups is 1. The summed E-state index contributed by atoms with van der Waals surface area (Å²) in [4.78, 5) is 51.1. The normalized spacial score (nSPS) is 12.5. The lowest BCUT2D eigenvalue weighted by atomic mass is 10.1. The van der Waals surface area contributed by atoms with Crippen molar-refractivity contribution in [3.05, 3.63) is 92.4 Å². The molecule has 0 radical (unpaired) electrons. The average molecular weight is 504 g/mol. The van der Waals surface area contributed by atoms with Gasteiger partial charge in [0.05, 0.1) is 27.4 Å². The Morgan fingerprint density at radius 3 is 2.21 bits per heavy atom. The number of hydrogen-bond donors (Lipinski definition) is 1. The van der Waals surface area contributed by atoms with Gasteiger partial charge in [-0.3, -0.25) is 14.4 Å². The van der Waals surface area contributed by atoms with E-state index in [1.165, 1.54) is 36.4 Å². The van der Waals surface area contributed by atoms with Crippen LogP contribution in [0.2, 0.25) is 15.1 Å². The summed E-state index contributed by atoms with van der Waals surface area (Å²) < 4.78 is 5.03. The molecule has 0 aliphatic carbocycles. The minimum atomic E-state index is -0.839. The number of fused-ring (bicyclic) bond motifs is 1. The van der Waals surface area contributed by atoms with Crippen LogP contribution >= 0.6 is 34.8 Å². The minimum Gasteiger partial charge on any atom is -0.452 e. The van der Waals surface area contributed by atoms with E-state index in [4.69, 9.17) is 39.5 Å². The summed E-state index contributed by atoms with van der Waals surface area (Å²) in [5, 5.41) is 3.41. The van der Waals surface area contributed by atoms with E-state index >= 15 is 0 Å². The Balaban J connectivity index is 1.46. The Bertz CT molecular complexity index is 1300. The Morgan fingerprint density at radius 2 is 1.52 bits per heavy atom. The maximum Gasteiger partial charge on any atom is 0.338 e. The molecule has 0 saturated carbocycles. The van der Waals surface area contributed by atoms with Crippen LogP contribution in [0.4, 0.5) is 11.4 Å². The lowest BCUT2D eigenvalue weighted by molar-refractivity contribution is -0.119. The van der Waals surface area contributed by atoms with Crippen LogP contribution in [0.25, 0.3) is 0 Å². The van der Waals surface area contributed by atoms with Gasteiger partial charge in [-0.25, -0.2) is 9.69 Å². The topological polar surface area (TPSA) is 92.8 Å². The quantitative estimate of drug-likeness (QED) is 0.379. The van der Waals surface area contributed by atoms with Crippen LogP contribution in [0.1, 0.15) is 31.1 Å². The number of rotatable bonds is 5. The molecule has 33 heavy (non-hydrogen) atoms. The molecule has 166 valence electrons. The summed E-state index contributed by atoms with van der Waals surface area (Å²) in [6, 6.07) is 14.9. The van der Waals surface area contributed by atoms with Crippen molar-refractivity contribution in [2.24, 2.45) is 0 Å². The number of nitrogens with one attached hydrogen (secondary N) is 1. The van der Waals surface area contributed by atoms with Gasteiger partial charge in [-0.05, 0) is 48.5 Å². The van der Waals surface area contributed by atoms with Crippen LogP contribution in [0.5, 0.6) is 0 Å². The molecule has 0 spiro atoms. The second-order valence-corrected chi connectivity index (χ2v) is 8.22. The highest BCUT2D eigenvalue weighted by Crippen LogP contribution is 2.33. The minimum absolute atomic E-state index is 0.00880. The lowest BCUT2D eigenvalue weighted by Gasteiger charge is -2.15. The molecule has 1 aliphatic heterocycles. The summed E-state index contributed by atoms with van der Waals surface area (Å²) >= 11 is 17.9. The number of carbonyl (C=O) groups excluding carboxylic acids is 4. The second-order valence-electron chi connectivity index (χ2n) is 6.94. The van der Waals surface area contributed by atoms with E-state index in [0.29, 0.717) is 15.7 Å². The predicted molar refractivity (Wildman–Crippen MR) is 124 cm³/mol. The van der Waals surface area contributed by atoms with E-state index < -0.39 is 30.3 Å². The summed E-state index contributed by atoms with van der Waals surface area (Å²) in [5.41, 5.74) is 0.760. The van der Waals surface area contributed by atoms with Gasteiger partial charge in [0.2, 0.25) is 0 Å². The van der Waals surface area contributed by atoms with Crippen LogP contribution in [0.15, 0.2) is 60.7 Å². The largest absolute Gasteiger partial charge is 0.452 e. The van der Waals surface area contributed by atoms with Crippen molar-refractivity contribution in [3.63, 3.8) is 0 Å². The predicted octanol–water partition coefficient (Wildman–Crippen LogP) is 5.24. The molecule has 7 nitrogen and oxygen atoms in total. The molecule has 10 heteroatoms. The zero-order valence-corrected chi connectivity index (χ0v) is 18.9. The molecule has 0 unspecified atom stereocenters. The van der Waals surface area contributed by atoms with E-state index in [1.807, 2.05) is 0 Å². The fourth-order valence-corrected chi connectivity index (χ4v) is 4.00. The van der Waals surface area contributed by atoms with Crippen molar-refractivity contribution in [3.8, 4) is 0 Å². The van der Waals surface area contributed by atoms with Crippen molar-refractivity contribution in [2.45, 2.75) is 0 Å². The first-order chi connectivity index (χ1) is 15.7. The molecule has 0 bridgehead atoms. The zero-order chi connectivity index (χ0) is 23.7. The van der Waals surface area contributed by atoms with Crippen molar-refractivity contribution in [1.82, 2.24) is 0 Å². The van der Waals surface area contributed by atoms with E-state index in [0.717, 1.165) is 4.90 Å². The number of hydrogen-bond acceptors (Lipinski definition) is 5. The number of benzene rings is 3. The van der Waals surface area contributed by atoms with E-state index in [9.17, 15) is 19.2 Å². The average Bonchev–Trinajstić information content (AvgIpc) is 3.01. The summed E-state index contributed by atoms with van der Waals surface area (Å²) in [5.74, 6) is -2.62. The van der Waals surface area contributed by atoms with Gasteiger partial charge in [0.1, 0.15) is 0 Å². The fraction of sp³-hybridized carbons (Fsp3) is 0.0435. The molecule has 1 heterocycles. The highest BCUT2D eigenvalue weighted by Gasteiger charge is 2.38.